The van der Waals surface area contributed by atoms with E-state index in [4.69, 9.17) is 9.47 Å². The van der Waals surface area contributed by atoms with E-state index >= 15 is 0 Å². The number of halogens is 1. The number of ether oxygens (including phenoxy) is 2. The lowest BCUT2D eigenvalue weighted by atomic mass is 10.0. The van der Waals surface area contributed by atoms with Crippen molar-refractivity contribution in [2.75, 3.05) is 13.2 Å². The van der Waals surface area contributed by atoms with Gasteiger partial charge >= 0.3 is 0 Å². The van der Waals surface area contributed by atoms with E-state index in [1.807, 2.05) is 19.9 Å². The predicted octanol–water partition coefficient (Wildman–Crippen LogP) is 3.02. The standard InChI is InChI=1S/C15H22FNO2/c1-4-14(11-6-5-7-12(16)8-11)17-9-13-10-18-15(2,3)19-13/h5-8,13-14,17H,4,9-10H2,1-3H3. The van der Waals surface area contributed by atoms with E-state index in [0.717, 1.165) is 12.0 Å². The van der Waals surface area contributed by atoms with Gasteiger partial charge in [-0.05, 0) is 38.0 Å². The Morgan fingerprint density at radius 2 is 2.26 bits per heavy atom. The van der Waals surface area contributed by atoms with Crippen molar-refractivity contribution in [3.8, 4) is 0 Å². The molecule has 0 radical (unpaired) electrons. The zero-order chi connectivity index (χ0) is 13.9. The molecular formula is C15H22FNO2. The third kappa shape index (κ3) is 4.00. The average Bonchev–Trinajstić information content (AvgIpc) is 2.70. The van der Waals surface area contributed by atoms with E-state index in [9.17, 15) is 4.39 Å². The first-order valence-electron chi connectivity index (χ1n) is 6.81. The molecule has 3 nitrogen and oxygen atoms in total. The van der Waals surface area contributed by atoms with Gasteiger partial charge in [-0.2, -0.15) is 0 Å². The number of benzene rings is 1. The minimum absolute atomic E-state index is 0.0533. The second-order valence-corrected chi connectivity index (χ2v) is 5.37. The van der Waals surface area contributed by atoms with Gasteiger partial charge in [-0.15, -0.1) is 0 Å². The van der Waals surface area contributed by atoms with Gasteiger partial charge in [-0.3, -0.25) is 0 Å². The fraction of sp³-hybridized carbons (Fsp3) is 0.600. The molecule has 19 heavy (non-hydrogen) atoms. The normalized spacial score (nSPS) is 23.5. The van der Waals surface area contributed by atoms with Gasteiger partial charge in [-0.1, -0.05) is 19.1 Å². The van der Waals surface area contributed by atoms with Gasteiger partial charge < -0.3 is 14.8 Å². The lowest BCUT2D eigenvalue weighted by Gasteiger charge is -2.21. The Morgan fingerprint density at radius 1 is 1.47 bits per heavy atom. The molecule has 0 saturated carbocycles. The van der Waals surface area contributed by atoms with Crippen LogP contribution < -0.4 is 5.32 Å². The van der Waals surface area contributed by atoms with Crippen LogP contribution in [0.3, 0.4) is 0 Å². The van der Waals surface area contributed by atoms with Crippen LogP contribution >= 0.6 is 0 Å². The SMILES string of the molecule is CCC(NCC1COC(C)(C)O1)c1cccc(F)c1. The zero-order valence-electron chi connectivity index (χ0n) is 11.8. The Morgan fingerprint density at radius 3 is 2.84 bits per heavy atom. The van der Waals surface area contributed by atoms with Crippen molar-refractivity contribution in [1.29, 1.82) is 0 Å². The summed E-state index contributed by atoms with van der Waals surface area (Å²) >= 11 is 0. The van der Waals surface area contributed by atoms with Crippen molar-refractivity contribution in [1.82, 2.24) is 5.32 Å². The van der Waals surface area contributed by atoms with E-state index in [2.05, 4.69) is 12.2 Å². The Bertz CT molecular complexity index is 422. The molecule has 0 amide bonds. The van der Waals surface area contributed by atoms with Crippen molar-refractivity contribution in [2.45, 2.75) is 45.1 Å². The topological polar surface area (TPSA) is 30.5 Å². The van der Waals surface area contributed by atoms with Crippen LogP contribution in [0.1, 0.15) is 38.8 Å². The Hall–Kier alpha value is -0.970. The van der Waals surface area contributed by atoms with Crippen molar-refractivity contribution in [3.05, 3.63) is 35.6 Å². The molecule has 1 saturated heterocycles. The largest absolute Gasteiger partial charge is 0.348 e. The molecule has 0 aliphatic carbocycles. The minimum Gasteiger partial charge on any atom is -0.348 e. The highest BCUT2D eigenvalue weighted by atomic mass is 19.1. The molecule has 2 rings (SSSR count). The van der Waals surface area contributed by atoms with Crippen LogP contribution in [0.25, 0.3) is 0 Å². The monoisotopic (exact) mass is 267 g/mol. The molecule has 0 aromatic heterocycles. The van der Waals surface area contributed by atoms with Crippen LogP contribution in [0, 0.1) is 5.82 Å². The Balaban J connectivity index is 1.90. The second-order valence-electron chi connectivity index (χ2n) is 5.37. The maximum Gasteiger partial charge on any atom is 0.163 e. The van der Waals surface area contributed by atoms with Crippen LogP contribution in [0.4, 0.5) is 4.39 Å². The summed E-state index contributed by atoms with van der Waals surface area (Å²) in [7, 11) is 0. The van der Waals surface area contributed by atoms with Gasteiger partial charge in [0.25, 0.3) is 0 Å². The van der Waals surface area contributed by atoms with E-state index < -0.39 is 5.79 Å². The molecule has 4 heteroatoms. The van der Waals surface area contributed by atoms with Crippen molar-refractivity contribution in [2.24, 2.45) is 0 Å². The summed E-state index contributed by atoms with van der Waals surface area (Å²) in [6, 6.07) is 6.88. The fourth-order valence-corrected chi connectivity index (χ4v) is 2.36. The van der Waals surface area contributed by atoms with Crippen molar-refractivity contribution >= 4 is 0 Å². The Kier molecular flexibility index (Phi) is 4.55. The zero-order valence-corrected chi connectivity index (χ0v) is 11.8. The first-order chi connectivity index (χ1) is 9.00. The van der Waals surface area contributed by atoms with Crippen LogP contribution in [-0.4, -0.2) is 25.0 Å². The van der Waals surface area contributed by atoms with Gasteiger partial charge in [0.1, 0.15) is 5.82 Å². The molecule has 1 aliphatic rings. The lowest BCUT2D eigenvalue weighted by molar-refractivity contribution is -0.137. The van der Waals surface area contributed by atoms with E-state index in [-0.39, 0.29) is 18.0 Å². The van der Waals surface area contributed by atoms with Crippen LogP contribution in [0.5, 0.6) is 0 Å². The van der Waals surface area contributed by atoms with E-state index in [0.29, 0.717) is 13.2 Å². The molecule has 1 N–H and O–H groups in total. The van der Waals surface area contributed by atoms with E-state index in [1.165, 1.54) is 6.07 Å². The first kappa shape index (κ1) is 14.4. The summed E-state index contributed by atoms with van der Waals surface area (Å²) in [4.78, 5) is 0. The van der Waals surface area contributed by atoms with Gasteiger partial charge in [0, 0.05) is 12.6 Å². The second kappa shape index (κ2) is 5.99. The molecule has 1 fully saturated rings. The summed E-state index contributed by atoms with van der Waals surface area (Å²) in [6.07, 6.45) is 0.957. The maximum atomic E-state index is 13.2. The smallest absolute Gasteiger partial charge is 0.163 e. The highest BCUT2D eigenvalue weighted by molar-refractivity contribution is 5.20. The number of hydrogen-bond donors (Lipinski definition) is 1. The van der Waals surface area contributed by atoms with Crippen LogP contribution in [-0.2, 0) is 9.47 Å². The van der Waals surface area contributed by atoms with Crippen LogP contribution in [0.2, 0.25) is 0 Å². The molecule has 1 aromatic carbocycles. The van der Waals surface area contributed by atoms with Crippen molar-refractivity contribution < 1.29 is 13.9 Å². The molecule has 1 heterocycles. The summed E-state index contributed by atoms with van der Waals surface area (Å²) in [5.41, 5.74) is 0.973. The fourth-order valence-electron chi connectivity index (χ4n) is 2.36. The molecule has 106 valence electrons. The third-order valence-corrected chi connectivity index (χ3v) is 3.32. The average molecular weight is 267 g/mol. The molecule has 1 aromatic rings. The molecule has 0 bridgehead atoms. The predicted molar refractivity (Wildman–Crippen MR) is 72.3 cm³/mol. The summed E-state index contributed by atoms with van der Waals surface area (Å²) in [5, 5.41) is 3.42. The highest BCUT2D eigenvalue weighted by Crippen LogP contribution is 2.23. The Labute approximate surface area is 114 Å². The number of rotatable bonds is 5. The lowest BCUT2D eigenvalue weighted by Crippen LogP contribution is -2.32. The van der Waals surface area contributed by atoms with Gasteiger partial charge in [0.2, 0.25) is 0 Å². The van der Waals surface area contributed by atoms with Crippen molar-refractivity contribution in [3.63, 3.8) is 0 Å². The first-order valence-corrected chi connectivity index (χ1v) is 6.81. The molecule has 2 unspecified atom stereocenters. The number of nitrogens with one attached hydrogen (secondary N) is 1. The highest BCUT2D eigenvalue weighted by Gasteiger charge is 2.32. The maximum absolute atomic E-state index is 13.2. The third-order valence-electron chi connectivity index (χ3n) is 3.32. The van der Waals surface area contributed by atoms with E-state index in [1.54, 1.807) is 12.1 Å². The summed E-state index contributed by atoms with van der Waals surface area (Å²) in [6.45, 7) is 7.21. The molecule has 1 aliphatic heterocycles. The summed E-state index contributed by atoms with van der Waals surface area (Å²) in [5.74, 6) is -0.688. The molecule has 2 atom stereocenters. The molecule has 0 spiro atoms. The quantitative estimate of drug-likeness (QED) is 0.889. The van der Waals surface area contributed by atoms with Gasteiger partial charge in [0.05, 0.1) is 12.7 Å². The van der Waals surface area contributed by atoms with Crippen LogP contribution in [0.15, 0.2) is 24.3 Å². The summed E-state index contributed by atoms with van der Waals surface area (Å²) < 4.78 is 24.5. The minimum atomic E-state index is -0.493. The number of hydrogen-bond acceptors (Lipinski definition) is 3. The molecular weight excluding hydrogens is 245 g/mol. The van der Waals surface area contributed by atoms with Gasteiger partial charge in [-0.25, -0.2) is 4.39 Å². The van der Waals surface area contributed by atoms with Gasteiger partial charge in [0.15, 0.2) is 5.79 Å².